The normalized spacial score (nSPS) is 11.2. The predicted octanol–water partition coefficient (Wildman–Crippen LogP) is 3.60. The monoisotopic (exact) mass is 293 g/mol. The summed E-state index contributed by atoms with van der Waals surface area (Å²) in [4.78, 5) is 11.0. The third kappa shape index (κ3) is 5.07. The molecule has 0 aliphatic heterocycles. The van der Waals surface area contributed by atoms with Crippen molar-refractivity contribution in [3.63, 3.8) is 0 Å². The maximum atomic E-state index is 13.4. The Hall–Kier alpha value is -1.79. The van der Waals surface area contributed by atoms with E-state index in [1.807, 2.05) is 0 Å². The fourth-order valence-electron chi connectivity index (χ4n) is 1.52. The van der Waals surface area contributed by atoms with Crippen LogP contribution in [0.1, 0.15) is 25.3 Å². The highest BCUT2D eigenvalue weighted by atomic mass is 19.4. The van der Waals surface area contributed by atoms with Gasteiger partial charge in [-0.3, -0.25) is 4.79 Å². The fourth-order valence-corrected chi connectivity index (χ4v) is 1.52. The highest BCUT2D eigenvalue weighted by molar-refractivity contribution is 5.69. The molecule has 0 spiro atoms. The standard InChI is InChI=1S/C13H15F4NO2/c1-2-20-12(19)4-3-7-18-11-6-5-9(8-10(11)14)13(15,16)17/h5-6,8,18H,2-4,7H2,1H3. The maximum absolute atomic E-state index is 13.4. The van der Waals surface area contributed by atoms with Crippen LogP contribution in [0.25, 0.3) is 0 Å². The Morgan fingerprint density at radius 1 is 1.35 bits per heavy atom. The molecule has 3 nitrogen and oxygen atoms in total. The van der Waals surface area contributed by atoms with Crippen LogP contribution < -0.4 is 5.32 Å². The van der Waals surface area contributed by atoms with E-state index in [1.165, 1.54) is 0 Å². The van der Waals surface area contributed by atoms with Crippen molar-refractivity contribution in [2.24, 2.45) is 0 Å². The maximum Gasteiger partial charge on any atom is 0.416 e. The van der Waals surface area contributed by atoms with Gasteiger partial charge in [-0.15, -0.1) is 0 Å². The van der Waals surface area contributed by atoms with Crippen LogP contribution >= 0.6 is 0 Å². The number of carbonyl (C=O) groups is 1. The third-order valence-electron chi connectivity index (χ3n) is 2.47. The molecule has 0 amide bonds. The van der Waals surface area contributed by atoms with Gasteiger partial charge < -0.3 is 10.1 Å². The number of hydrogen-bond donors (Lipinski definition) is 1. The van der Waals surface area contributed by atoms with Gasteiger partial charge in [0, 0.05) is 13.0 Å². The lowest BCUT2D eigenvalue weighted by Crippen LogP contribution is -2.10. The number of alkyl halides is 3. The lowest BCUT2D eigenvalue weighted by Gasteiger charge is -2.10. The van der Waals surface area contributed by atoms with Crippen molar-refractivity contribution < 1.29 is 27.1 Å². The van der Waals surface area contributed by atoms with E-state index in [2.05, 4.69) is 5.32 Å². The summed E-state index contributed by atoms with van der Waals surface area (Å²) in [5.74, 6) is -1.34. The van der Waals surface area contributed by atoms with Gasteiger partial charge in [0.05, 0.1) is 17.9 Å². The van der Waals surface area contributed by atoms with E-state index >= 15 is 0 Å². The first-order chi connectivity index (χ1) is 9.34. The SMILES string of the molecule is CCOC(=O)CCCNc1ccc(C(F)(F)F)cc1F. The predicted molar refractivity (Wildman–Crippen MR) is 65.8 cm³/mol. The number of hydrogen-bond acceptors (Lipinski definition) is 3. The first-order valence-electron chi connectivity index (χ1n) is 6.11. The number of rotatable bonds is 6. The average molecular weight is 293 g/mol. The Bertz CT molecular complexity index is 460. The molecule has 112 valence electrons. The molecule has 1 rings (SSSR count). The zero-order chi connectivity index (χ0) is 15.2. The second-order valence-corrected chi connectivity index (χ2v) is 4.03. The minimum Gasteiger partial charge on any atom is -0.466 e. The number of ether oxygens (including phenoxy) is 1. The second-order valence-electron chi connectivity index (χ2n) is 4.03. The van der Waals surface area contributed by atoms with Crippen molar-refractivity contribution >= 4 is 11.7 Å². The highest BCUT2D eigenvalue weighted by Crippen LogP contribution is 2.31. The van der Waals surface area contributed by atoms with Crippen molar-refractivity contribution in [3.05, 3.63) is 29.6 Å². The number of esters is 1. The van der Waals surface area contributed by atoms with Crippen LogP contribution in [0.15, 0.2) is 18.2 Å². The summed E-state index contributed by atoms with van der Waals surface area (Å²) < 4.78 is 55.1. The van der Waals surface area contributed by atoms with Crippen molar-refractivity contribution in [2.75, 3.05) is 18.5 Å². The molecule has 20 heavy (non-hydrogen) atoms. The van der Waals surface area contributed by atoms with Gasteiger partial charge >= 0.3 is 12.1 Å². The summed E-state index contributed by atoms with van der Waals surface area (Å²) in [7, 11) is 0. The van der Waals surface area contributed by atoms with E-state index < -0.39 is 17.6 Å². The van der Waals surface area contributed by atoms with Crippen molar-refractivity contribution in [1.82, 2.24) is 0 Å². The Labute approximate surface area is 113 Å². The van der Waals surface area contributed by atoms with Gasteiger partial charge in [-0.05, 0) is 31.5 Å². The van der Waals surface area contributed by atoms with Gasteiger partial charge in [0.1, 0.15) is 5.82 Å². The molecule has 0 bridgehead atoms. The molecule has 1 aromatic carbocycles. The second kappa shape index (κ2) is 7.12. The zero-order valence-corrected chi connectivity index (χ0v) is 10.9. The van der Waals surface area contributed by atoms with Crippen molar-refractivity contribution in [1.29, 1.82) is 0 Å². The van der Waals surface area contributed by atoms with Crippen LogP contribution in [0.5, 0.6) is 0 Å². The molecule has 0 heterocycles. The van der Waals surface area contributed by atoms with E-state index in [4.69, 9.17) is 4.74 Å². The molecule has 0 radical (unpaired) electrons. The molecule has 0 saturated heterocycles. The van der Waals surface area contributed by atoms with Gasteiger partial charge in [0.15, 0.2) is 0 Å². The van der Waals surface area contributed by atoms with E-state index in [-0.39, 0.29) is 24.6 Å². The molecule has 1 N–H and O–H groups in total. The molecule has 0 fully saturated rings. The van der Waals surface area contributed by atoms with Crippen LogP contribution in [0.3, 0.4) is 0 Å². The summed E-state index contributed by atoms with van der Waals surface area (Å²) in [6.45, 7) is 2.24. The van der Waals surface area contributed by atoms with Crippen LogP contribution in [0.4, 0.5) is 23.2 Å². The molecular formula is C13H15F4NO2. The summed E-state index contributed by atoms with van der Waals surface area (Å²) in [6, 6.07) is 2.27. The Morgan fingerprint density at radius 3 is 2.60 bits per heavy atom. The number of carbonyl (C=O) groups excluding carboxylic acids is 1. The van der Waals surface area contributed by atoms with Gasteiger partial charge in [-0.1, -0.05) is 0 Å². The molecule has 0 aliphatic rings. The Kier molecular flexibility index (Phi) is 5.79. The van der Waals surface area contributed by atoms with Gasteiger partial charge in [-0.2, -0.15) is 13.2 Å². The minimum atomic E-state index is -4.57. The van der Waals surface area contributed by atoms with Crippen LogP contribution in [0.2, 0.25) is 0 Å². The first-order valence-corrected chi connectivity index (χ1v) is 6.11. The third-order valence-corrected chi connectivity index (χ3v) is 2.47. The summed E-state index contributed by atoms with van der Waals surface area (Å²) in [5.41, 5.74) is -1.06. The van der Waals surface area contributed by atoms with Gasteiger partial charge in [0.25, 0.3) is 0 Å². The van der Waals surface area contributed by atoms with Crippen LogP contribution in [-0.2, 0) is 15.7 Å². The lowest BCUT2D eigenvalue weighted by molar-refractivity contribution is -0.143. The molecule has 0 aromatic heterocycles. The summed E-state index contributed by atoms with van der Waals surface area (Å²) in [5, 5.41) is 2.64. The average Bonchev–Trinajstić information content (AvgIpc) is 2.35. The number of halogens is 4. The summed E-state index contributed by atoms with van der Waals surface area (Å²) in [6.07, 6.45) is -3.99. The Morgan fingerprint density at radius 2 is 2.05 bits per heavy atom. The van der Waals surface area contributed by atoms with E-state index in [9.17, 15) is 22.4 Å². The molecular weight excluding hydrogens is 278 g/mol. The minimum absolute atomic E-state index is 0.0261. The topological polar surface area (TPSA) is 38.3 Å². The van der Waals surface area contributed by atoms with Gasteiger partial charge in [0.2, 0.25) is 0 Å². The van der Waals surface area contributed by atoms with Gasteiger partial charge in [-0.25, -0.2) is 4.39 Å². The highest BCUT2D eigenvalue weighted by Gasteiger charge is 2.31. The number of nitrogens with one attached hydrogen (secondary N) is 1. The van der Waals surface area contributed by atoms with E-state index in [0.29, 0.717) is 19.1 Å². The fraction of sp³-hybridized carbons (Fsp3) is 0.462. The molecule has 1 aromatic rings. The Balaban J connectivity index is 2.47. The van der Waals surface area contributed by atoms with Crippen molar-refractivity contribution in [2.45, 2.75) is 25.9 Å². The zero-order valence-electron chi connectivity index (χ0n) is 10.9. The molecule has 0 atom stereocenters. The molecule has 0 saturated carbocycles. The lowest BCUT2D eigenvalue weighted by atomic mass is 10.2. The van der Waals surface area contributed by atoms with E-state index in [1.54, 1.807) is 6.92 Å². The van der Waals surface area contributed by atoms with Crippen molar-refractivity contribution in [3.8, 4) is 0 Å². The smallest absolute Gasteiger partial charge is 0.416 e. The first kappa shape index (κ1) is 16.3. The molecule has 0 unspecified atom stereocenters. The van der Waals surface area contributed by atoms with E-state index in [0.717, 1.165) is 12.1 Å². The largest absolute Gasteiger partial charge is 0.466 e. The quantitative estimate of drug-likeness (QED) is 0.495. The molecule has 7 heteroatoms. The number of benzene rings is 1. The molecule has 0 aliphatic carbocycles. The number of anilines is 1. The van der Waals surface area contributed by atoms with Crippen LogP contribution in [-0.4, -0.2) is 19.1 Å². The van der Waals surface area contributed by atoms with Crippen LogP contribution in [0, 0.1) is 5.82 Å². The summed E-state index contributed by atoms with van der Waals surface area (Å²) >= 11 is 0.